The van der Waals surface area contributed by atoms with E-state index in [1.165, 1.54) is 0 Å². The Bertz CT molecular complexity index is 715. The van der Waals surface area contributed by atoms with Crippen LogP contribution in [0.3, 0.4) is 0 Å². The number of carbonyl (C=O) groups excluding carboxylic acids is 1. The zero-order valence-electron chi connectivity index (χ0n) is 12.5. The van der Waals surface area contributed by atoms with Gasteiger partial charge in [0.1, 0.15) is 6.29 Å². The van der Waals surface area contributed by atoms with Crippen LogP contribution in [0.15, 0.2) is 48.6 Å². The molecular formula is C17H18N4O. The zero-order valence-corrected chi connectivity index (χ0v) is 12.5. The molecule has 3 rings (SSSR count). The van der Waals surface area contributed by atoms with Gasteiger partial charge < -0.3 is 0 Å². The third-order valence-electron chi connectivity index (χ3n) is 3.97. The largest absolute Gasteiger partial charge is 0.298 e. The number of carbonyl (C=O) groups is 1. The van der Waals surface area contributed by atoms with Crippen LogP contribution < -0.4 is 0 Å². The lowest BCUT2D eigenvalue weighted by Gasteiger charge is -2.25. The Balaban J connectivity index is 1.67. The first-order valence-electron chi connectivity index (χ1n) is 7.36. The first-order chi connectivity index (χ1) is 10.7. The highest BCUT2D eigenvalue weighted by molar-refractivity contribution is 5.76. The molecule has 0 saturated heterocycles. The minimum Gasteiger partial charge on any atom is -0.298 e. The van der Waals surface area contributed by atoms with Gasteiger partial charge in [-0.1, -0.05) is 55.5 Å². The van der Waals surface area contributed by atoms with Crippen LogP contribution in [-0.2, 0) is 6.54 Å². The Kier molecular flexibility index (Phi) is 3.96. The molecule has 5 heteroatoms. The van der Waals surface area contributed by atoms with Crippen molar-refractivity contribution < 1.29 is 4.79 Å². The van der Waals surface area contributed by atoms with E-state index in [0.717, 1.165) is 31.2 Å². The monoisotopic (exact) mass is 294 g/mol. The van der Waals surface area contributed by atoms with Gasteiger partial charge in [-0.25, -0.2) is 0 Å². The summed E-state index contributed by atoms with van der Waals surface area (Å²) in [5.41, 5.74) is 1.67. The minimum absolute atomic E-state index is 0.161. The summed E-state index contributed by atoms with van der Waals surface area (Å²) in [6.07, 6.45) is 11.4. The molecular weight excluding hydrogens is 276 g/mol. The lowest BCUT2D eigenvalue weighted by Crippen LogP contribution is -2.18. The van der Waals surface area contributed by atoms with E-state index in [1.807, 2.05) is 12.1 Å². The smallest absolute Gasteiger partial charge is 0.204 e. The van der Waals surface area contributed by atoms with Crippen LogP contribution in [0.2, 0.25) is 0 Å². The Morgan fingerprint density at radius 3 is 2.77 bits per heavy atom. The van der Waals surface area contributed by atoms with Crippen molar-refractivity contribution in [2.45, 2.75) is 26.3 Å². The number of benzene rings is 1. The van der Waals surface area contributed by atoms with E-state index in [1.54, 1.807) is 16.9 Å². The molecule has 0 fully saturated rings. The molecule has 2 aromatic rings. The molecule has 0 bridgehead atoms. The highest BCUT2D eigenvalue weighted by atomic mass is 16.1. The molecule has 0 spiro atoms. The standard InChI is InChI=1S/C17H18N4O/c1-17(9-3-2-4-10-17)11-12-21-19-16(18-20-21)15-7-5-14(13-22)6-8-15/h2-9,13H,10-12H2,1H3. The van der Waals surface area contributed by atoms with E-state index < -0.39 is 0 Å². The summed E-state index contributed by atoms with van der Waals surface area (Å²) in [5.74, 6) is 0.585. The number of aldehydes is 1. The molecule has 5 nitrogen and oxygen atoms in total. The van der Waals surface area contributed by atoms with Gasteiger partial charge in [0.2, 0.25) is 5.82 Å². The zero-order chi connectivity index (χ0) is 15.4. The lowest BCUT2D eigenvalue weighted by molar-refractivity contribution is 0.112. The van der Waals surface area contributed by atoms with Crippen LogP contribution >= 0.6 is 0 Å². The SMILES string of the molecule is CC1(CCn2nnc(-c3ccc(C=O)cc3)n2)C=CC=CC1. The number of nitrogens with zero attached hydrogens (tertiary/aromatic N) is 4. The molecule has 0 amide bonds. The number of aryl methyl sites for hydroxylation is 1. The summed E-state index contributed by atoms with van der Waals surface area (Å²) in [5, 5.41) is 12.6. The van der Waals surface area contributed by atoms with Crippen molar-refractivity contribution in [2.75, 3.05) is 0 Å². The number of aromatic nitrogens is 4. The quantitative estimate of drug-likeness (QED) is 0.795. The fourth-order valence-electron chi connectivity index (χ4n) is 2.48. The Morgan fingerprint density at radius 2 is 2.09 bits per heavy atom. The highest BCUT2D eigenvalue weighted by Crippen LogP contribution is 2.31. The van der Waals surface area contributed by atoms with E-state index in [4.69, 9.17) is 0 Å². The number of rotatable bonds is 5. The van der Waals surface area contributed by atoms with Crippen molar-refractivity contribution in [2.24, 2.45) is 5.41 Å². The molecule has 1 aromatic carbocycles. The first kappa shape index (κ1) is 14.4. The molecule has 1 atom stereocenters. The molecule has 1 aromatic heterocycles. The van der Waals surface area contributed by atoms with Gasteiger partial charge in [0.15, 0.2) is 0 Å². The predicted molar refractivity (Wildman–Crippen MR) is 84.3 cm³/mol. The fraction of sp³-hybridized carbons (Fsp3) is 0.294. The van der Waals surface area contributed by atoms with Gasteiger partial charge >= 0.3 is 0 Å². The Hall–Kier alpha value is -2.56. The summed E-state index contributed by atoms with van der Waals surface area (Å²) in [6, 6.07) is 7.18. The van der Waals surface area contributed by atoms with Crippen molar-refractivity contribution in [3.05, 3.63) is 54.1 Å². The van der Waals surface area contributed by atoms with E-state index in [2.05, 4.69) is 46.6 Å². The molecule has 1 unspecified atom stereocenters. The summed E-state index contributed by atoms with van der Waals surface area (Å²) in [4.78, 5) is 12.3. The van der Waals surface area contributed by atoms with Crippen LogP contribution in [-0.4, -0.2) is 26.5 Å². The maximum Gasteiger partial charge on any atom is 0.204 e. The van der Waals surface area contributed by atoms with Crippen LogP contribution in [0.4, 0.5) is 0 Å². The summed E-state index contributed by atoms with van der Waals surface area (Å²) < 4.78 is 0. The summed E-state index contributed by atoms with van der Waals surface area (Å²) in [6.45, 7) is 2.97. The highest BCUT2D eigenvalue weighted by Gasteiger charge is 2.21. The fourth-order valence-corrected chi connectivity index (χ4v) is 2.48. The third-order valence-corrected chi connectivity index (χ3v) is 3.97. The lowest BCUT2D eigenvalue weighted by atomic mass is 9.81. The number of hydrogen-bond donors (Lipinski definition) is 0. The molecule has 0 aliphatic heterocycles. The van der Waals surface area contributed by atoms with Gasteiger partial charge in [-0.3, -0.25) is 4.79 Å². The first-order valence-corrected chi connectivity index (χ1v) is 7.36. The minimum atomic E-state index is 0.161. The molecule has 0 radical (unpaired) electrons. The maximum atomic E-state index is 10.7. The van der Waals surface area contributed by atoms with Gasteiger partial charge in [0.25, 0.3) is 0 Å². The molecule has 0 saturated carbocycles. The molecule has 112 valence electrons. The van der Waals surface area contributed by atoms with Crippen LogP contribution in [0.5, 0.6) is 0 Å². The summed E-state index contributed by atoms with van der Waals surface area (Å²) in [7, 11) is 0. The topological polar surface area (TPSA) is 60.7 Å². The van der Waals surface area contributed by atoms with Crippen molar-refractivity contribution in [1.29, 1.82) is 0 Å². The van der Waals surface area contributed by atoms with Crippen molar-refractivity contribution in [3.8, 4) is 11.4 Å². The van der Waals surface area contributed by atoms with Crippen LogP contribution in [0, 0.1) is 5.41 Å². The maximum absolute atomic E-state index is 10.7. The molecule has 1 aliphatic rings. The van der Waals surface area contributed by atoms with Gasteiger partial charge in [-0.2, -0.15) is 4.80 Å². The Morgan fingerprint density at radius 1 is 1.27 bits per heavy atom. The molecule has 22 heavy (non-hydrogen) atoms. The van der Waals surface area contributed by atoms with Crippen molar-refractivity contribution in [1.82, 2.24) is 20.2 Å². The average Bonchev–Trinajstić information content (AvgIpc) is 3.03. The van der Waals surface area contributed by atoms with E-state index >= 15 is 0 Å². The molecule has 1 heterocycles. The molecule has 0 N–H and O–H groups in total. The second-order valence-corrected chi connectivity index (χ2v) is 5.84. The predicted octanol–water partition coefficient (Wildman–Crippen LogP) is 3.07. The third kappa shape index (κ3) is 3.19. The van der Waals surface area contributed by atoms with Gasteiger partial charge in [-0.05, 0) is 23.5 Å². The average molecular weight is 294 g/mol. The van der Waals surface area contributed by atoms with Gasteiger partial charge in [0.05, 0.1) is 6.54 Å². The van der Waals surface area contributed by atoms with Gasteiger partial charge in [0, 0.05) is 11.1 Å². The van der Waals surface area contributed by atoms with Crippen molar-refractivity contribution >= 4 is 6.29 Å². The van der Waals surface area contributed by atoms with Crippen molar-refractivity contribution in [3.63, 3.8) is 0 Å². The number of hydrogen-bond acceptors (Lipinski definition) is 4. The summed E-state index contributed by atoms with van der Waals surface area (Å²) >= 11 is 0. The second kappa shape index (κ2) is 6.05. The second-order valence-electron chi connectivity index (χ2n) is 5.84. The van der Waals surface area contributed by atoms with Crippen LogP contribution in [0.25, 0.3) is 11.4 Å². The Labute approximate surface area is 129 Å². The van der Waals surface area contributed by atoms with E-state index in [9.17, 15) is 4.79 Å². The van der Waals surface area contributed by atoms with E-state index in [-0.39, 0.29) is 5.41 Å². The van der Waals surface area contributed by atoms with Crippen LogP contribution in [0.1, 0.15) is 30.1 Å². The number of tetrazole rings is 1. The number of allylic oxidation sites excluding steroid dienone is 4. The van der Waals surface area contributed by atoms with Gasteiger partial charge in [-0.15, -0.1) is 10.2 Å². The normalized spacial score (nSPS) is 20.2. The van der Waals surface area contributed by atoms with E-state index in [0.29, 0.717) is 11.4 Å². The molecule has 1 aliphatic carbocycles.